The zero-order chi connectivity index (χ0) is 52.3. The van der Waals surface area contributed by atoms with Gasteiger partial charge in [0.25, 0.3) is 0 Å². The SMILES string of the molecule is Cc1cc(C(C)(C)C)c(OB(OC2CCC(C)C(C)C2)OC2CCC(C)C(C)C2)c(C(C)(C)C)c1.Cc1cc(C(C)(C)C)c(OB(OC2CCC(C)C(C)C2)OC2CCC(C)C(C)C2)c(C(C)(C)C)c1. The maximum absolute atomic E-state index is 6.87. The molecular formula is C62H106B2O6. The van der Waals surface area contributed by atoms with Gasteiger partial charge < -0.3 is 27.9 Å². The Morgan fingerprint density at radius 2 is 0.529 bits per heavy atom. The minimum atomic E-state index is -0.670. The minimum absolute atomic E-state index is 0.0462. The molecule has 4 saturated carbocycles. The molecule has 4 aliphatic carbocycles. The molecule has 70 heavy (non-hydrogen) atoms. The average molecular weight is 969 g/mol. The van der Waals surface area contributed by atoms with Crippen LogP contribution in [0.25, 0.3) is 0 Å². The van der Waals surface area contributed by atoms with Gasteiger partial charge in [0.15, 0.2) is 0 Å². The second-order valence-electron chi connectivity index (χ2n) is 28.3. The lowest BCUT2D eigenvalue weighted by Gasteiger charge is -2.37. The topological polar surface area (TPSA) is 55.4 Å². The highest BCUT2D eigenvalue weighted by Crippen LogP contribution is 2.44. The third-order valence-electron chi connectivity index (χ3n) is 17.5. The molecule has 0 N–H and O–H groups in total. The van der Waals surface area contributed by atoms with Gasteiger partial charge in [-0.2, -0.15) is 0 Å². The molecular weight excluding hydrogens is 862 g/mol. The molecule has 0 saturated heterocycles. The molecule has 0 radical (unpaired) electrons. The second-order valence-corrected chi connectivity index (χ2v) is 28.3. The number of benzene rings is 2. The number of aryl methyl sites for hydroxylation is 2. The lowest BCUT2D eigenvalue weighted by atomic mass is 9.78. The largest absolute Gasteiger partial charge is 0.713 e. The molecule has 0 aliphatic heterocycles. The zero-order valence-electron chi connectivity index (χ0n) is 49.3. The van der Waals surface area contributed by atoms with Crippen LogP contribution in [0.2, 0.25) is 0 Å². The number of hydrogen-bond donors (Lipinski definition) is 0. The number of hydrogen-bond acceptors (Lipinski definition) is 6. The fourth-order valence-electron chi connectivity index (χ4n) is 11.5. The fourth-order valence-corrected chi connectivity index (χ4v) is 11.5. The van der Waals surface area contributed by atoms with Gasteiger partial charge in [0, 0.05) is 24.4 Å². The van der Waals surface area contributed by atoms with Crippen molar-refractivity contribution in [1.29, 1.82) is 0 Å². The molecule has 12 atom stereocenters. The summed E-state index contributed by atoms with van der Waals surface area (Å²) in [4.78, 5) is 0. The molecule has 396 valence electrons. The summed E-state index contributed by atoms with van der Waals surface area (Å²) in [6, 6.07) is 9.15. The minimum Gasteiger partial charge on any atom is -0.511 e. The van der Waals surface area contributed by atoms with Crippen molar-refractivity contribution in [3.8, 4) is 11.5 Å². The van der Waals surface area contributed by atoms with Crippen LogP contribution in [0.1, 0.15) is 249 Å². The highest BCUT2D eigenvalue weighted by molar-refractivity contribution is 6.38. The first-order chi connectivity index (χ1) is 32.3. The van der Waals surface area contributed by atoms with Gasteiger partial charge in [-0.1, -0.05) is 174 Å². The smallest absolute Gasteiger partial charge is 0.511 e. The Bertz CT molecular complexity index is 1690. The highest BCUT2D eigenvalue weighted by atomic mass is 16.7. The van der Waals surface area contributed by atoms with E-state index in [1.165, 1.54) is 59.1 Å². The maximum Gasteiger partial charge on any atom is 0.713 e. The van der Waals surface area contributed by atoms with Gasteiger partial charge in [0.1, 0.15) is 11.5 Å². The van der Waals surface area contributed by atoms with Crippen LogP contribution in [-0.4, -0.2) is 39.1 Å². The van der Waals surface area contributed by atoms with Gasteiger partial charge in [-0.25, -0.2) is 0 Å². The van der Waals surface area contributed by atoms with Crippen LogP contribution in [0, 0.1) is 61.2 Å². The van der Waals surface area contributed by atoms with Crippen LogP contribution in [0.5, 0.6) is 11.5 Å². The normalized spacial score (nSPS) is 30.3. The van der Waals surface area contributed by atoms with Crippen LogP contribution in [0.4, 0.5) is 0 Å². The molecule has 2 aromatic rings. The summed E-state index contributed by atoms with van der Waals surface area (Å²) in [5.41, 5.74) is 7.29. The standard InChI is InChI=1S/2C31H53BO3/c2*1-20-16-27(30(6,7)8)29(28(17-20)31(9,10)11)35-32(33-25-14-12-21(2)23(4)18-25)34-26-15-13-22(3)24(5)19-26/h2*16-17,21-26H,12-15,18-19H2,1-11H3. The maximum atomic E-state index is 6.87. The predicted molar refractivity (Wildman–Crippen MR) is 298 cm³/mol. The summed E-state index contributed by atoms with van der Waals surface area (Å²) in [5, 5.41) is 0. The van der Waals surface area contributed by atoms with Crippen LogP contribution in [0.15, 0.2) is 24.3 Å². The third-order valence-corrected chi connectivity index (χ3v) is 17.5. The van der Waals surface area contributed by atoms with Gasteiger partial charge >= 0.3 is 14.6 Å². The van der Waals surface area contributed by atoms with Crippen molar-refractivity contribution in [2.24, 2.45) is 47.3 Å². The predicted octanol–water partition coefficient (Wildman–Crippen LogP) is 17.3. The van der Waals surface area contributed by atoms with Gasteiger partial charge in [0.05, 0.1) is 0 Å². The van der Waals surface area contributed by atoms with E-state index < -0.39 is 14.6 Å². The Morgan fingerprint density at radius 3 is 0.700 bits per heavy atom. The van der Waals surface area contributed by atoms with Crippen molar-refractivity contribution >= 4 is 14.6 Å². The molecule has 6 nitrogen and oxygen atoms in total. The first-order valence-corrected chi connectivity index (χ1v) is 28.6. The molecule has 0 spiro atoms. The molecule has 0 bridgehead atoms. The molecule has 0 amide bonds. The quantitative estimate of drug-likeness (QED) is 0.198. The monoisotopic (exact) mass is 969 g/mol. The van der Waals surface area contributed by atoms with E-state index in [1.807, 2.05) is 0 Å². The van der Waals surface area contributed by atoms with E-state index in [0.29, 0.717) is 23.7 Å². The molecule has 6 rings (SSSR count). The summed E-state index contributed by atoms with van der Waals surface area (Å²) < 4.78 is 40.5. The summed E-state index contributed by atoms with van der Waals surface area (Å²) in [7, 11) is -1.34. The summed E-state index contributed by atoms with van der Waals surface area (Å²) in [6.45, 7) is 50.5. The Morgan fingerprint density at radius 1 is 0.329 bits per heavy atom. The second kappa shape index (κ2) is 24.1. The van der Waals surface area contributed by atoms with E-state index in [-0.39, 0.29) is 46.1 Å². The Kier molecular flexibility index (Phi) is 20.3. The van der Waals surface area contributed by atoms with E-state index in [4.69, 9.17) is 27.9 Å². The van der Waals surface area contributed by atoms with E-state index in [1.54, 1.807) is 0 Å². The van der Waals surface area contributed by atoms with Gasteiger partial charge in [-0.05, 0) is 182 Å². The first-order valence-electron chi connectivity index (χ1n) is 28.6. The van der Waals surface area contributed by atoms with Crippen LogP contribution >= 0.6 is 0 Å². The first kappa shape index (κ1) is 58.9. The van der Waals surface area contributed by atoms with Crippen LogP contribution in [0.3, 0.4) is 0 Å². The highest BCUT2D eigenvalue weighted by Gasteiger charge is 2.42. The number of rotatable bonds is 12. The van der Waals surface area contributed by atoms with Gasteiger partial charge in [-0.3, -0.25) is 0 Å². The Labute approximate surface area is 432 Å². The zero-order valence-corrected chi connectivity index (χ0v) is 49.3. The van der Waals surface area contributed by atoms with E-state index in [2.05, 4.69) is 177 Å². The Balaban J connectivity index is 0.000000261. The molecule has 0 aromatic heterocycles. The van der Waals surface area contributed by atoms with Crippen molar-refractivity contribution in [3.63, 3.8) is 0 Å². The van der Waals surface area contributed by atoms with Crippen molar-refractivity contribution in [2.45, 2.75) is 275 Å². The molecule has 0 heterocycles. The Hall–Kier alpha value is -1.99. The van der Waals surface area contributed by atoms with Crippen molar-refractivity contribution in [1.82, 2.24) is 0 Å². The van der Waals surface area contributed by atoms with Gasteiger partial charge in [0.2, 0.25) is 0 Å². The lowest BCUT2D eigenvalue weighted by molar-refractivity contribution is 0.00572. The molecule has 4 aliphatic rings. The summed E-state index contributed by atoms with van der Waals surface area (Å²) in [6.07, 6.45) is 14.2. The van der Waals surface area contributed by atoms with E-state index in [0.717, 1.165) is 86.5 Å². The fraction of sp³-hybridized carbons (Fsp3) is 0.806. The molecule has 8 heteroatoms. The summed E-state index contributed by atoms with van der Waals surface area (Å²) in [5.74, 6) is 7.60. The average Bonchev–Trinajstić information content (AvgIpc) is 3.23. The molecule has 12 unspecified atom stereocenters. The third kappa shape index (κ3) is 16.5. The van der Waals surface area contributed by atoms with Crippen LogP contribution < -0.4 is 9.31 Å². The van der Waals surface area contributed by atoms with E-state index >= 15 is 0 Å². The molecule has 2 aromatic carbocycles. The van der Waals surface area contributed by atoms with Crippen molar-refractivity contribution in [3.05, 3.63) is 57.6 Å². The summed E-state index contributed by atoms with van der Waals surface area (Å²) >= 11 is 0. The van der Waals surface area contributed by atoms with Crippen molar-refractivity contribution in [2.75, 3.05) is 0 Å². The van der Waals surface area contributed by atoms with Crippen LogP contribution in [-0.2, 0) is 40.3 Å². The van der Waals surface area contributed by atoms with Gasteiger partial charge in [-0.15, -0.1) is 0 Å². The van der Waals surface area contributed by atoms with E-state index in [9.17, 15) is 0 Å². The molecule has 4 fully saturated rings. The lowest BCUT2D eigenvalue weighted by Crippen LogP contribution is -2.42. The van der Waals surface area contributed by atoms with Crippen molar-refractivity contribution < 1.29 is 27.9 Å².